The van der Waals surface area contributed by atoms with Crippen LogP contribution in [0.3, 0.4) is 0 Å². The maximum absolute atomic E-state index is 5.78. The molecule has 12 heavy (non-hydrogen) atoms. The molecule has 3 heteroatoms. The second kappa shape index (κ2) is 5.47. The Balaban J connectivity index is 2.06. The summed E-state index contributed by atoms with van der Waals surface area (Å²) in [5.74, 6) is 3.69. The van der Waals surface area contributed by atoms with E-state index in [-0.39, 0.29) is 0 Å². The first-order valence-corrected chi connectivity index (χ1v) is 5.34. The van der Waals surface area contributed by atoms with Gasteiger partial charge in [-0.05, 0) is 12.8 Å². The van der Waals surface area contributed by atoms with Crippen molar-refractivity contribution in [2.24, 2.45) is 5.73 Å². The van der Waals surface area contributed by atoms with Gasteiger partial charge in [-0.2, -0.15) is 0 Å². The molecule has 0 amide bonds. The van der Waals surface area contributed by atoms with Gasteiger partial charge in [0.2, 0.25) is 0 Å². The molecule has 0 saturated carbocycles. The topological polar surface area (TPSA) is 29.3 Å². The van der Waals surface area contributed by atoms with Gasteiger partial charge in [-0.25, -0.2) is 0 Å². The lowest BCUT2D eigenvalue weighted by Gasteiger charge is -2.28. The molecule has 2 nitrogen and oxygen atoms in total. The van der Waals surface area contributed by atoms with Crippen molar-refractivity contribution in [3.63, 3.8) is 0 Å². The van der Waals surface area contributed by atoms with Gasteiger partial charge in [0, 0.05) is 31.3 Å². The van der Waals surface area contributed by atoms with Crippen molar-refractivity contribution < 1.29 is 0 Å². The fourth-order valence-corrected chi connectivity index (χ4v) is 2.17. The molecule has 1 aliphatic heterocycles. The Kier molecular flexibility index (Phi) is 4.52. The maximum atomic E-state index is 5.78. The lowest BCUT2D eigenvalue weighted by molar-refractivity contribution is 0.346. The van der Waals surface area contributed by atoms with Crippen molar-refractivity contribution in [1.82, 2.24) is 4.31 Å². The van der Waals surface area contributed by atoms with Gasteiger partial charge >= 0.3 is 0 Å². The van der Waals surface area contributed by atoms with Crippen LogP contribution in [0, 0.1) is 12.3 Å². The Bertz CT molecular complexity index is 156. The normalized spacial score (nSPS) is 20.7. The first-order chi connectivity index (χ1) is 5.83. The molecule has 0 spiro atoms. The lowest BCUT2D eigenvalue weighted by Crippen LogP contribution is -2.36. The van der Waals surface area contributed by atoms with Crippen LogP contribution in [0.4, 0.5) is 0 Å². The summed E-state index contributed by atoms with van der Waals surface area (Å²) in [4.78, 5) is 0. The number of piperidine rings is 1. The minimum atomic E-state index is 0.425. The predicted molar refractivity (Wildman–Crippen MR) is 54.7 cm³/mol. The molecule has 1 fully saturated rings. The third kappa shape index (κ3) is 3.48. The van der Waals surface area contributed by atoms with Crippen molar-refractivity contribution in [3.05, 3.63) is 0 Å². The third-order valence-electron chi connectivity index (χ3n) is 2.02. The smallest absolute Gasteiger partial charge is 0.0190 e. The van der Waals surface area contributed by atoms with Crippen LogP contribution in [0.5, 0.6) is 0 Å². The van der Waals surface area contributed by atoms with Gasteiger partial charge in [0.05, 0.1) is 0 Å². The van der Waals surface area contributed by atoms with Crippen molar-refractivity contribution in [2.75, 3.05) is 18.8 Å². The largest absolute Gasteiger partial charge is 0.328 e. The molecule has 1 aliphatic rings. The van der Waals surface area contributed by atoms with Crippen LogP contribution in [0.2, 0.25) is 0 Å². The van der Waals surface area contributed by atoms with E-state index in [1.165, 1.54) is 0 Å². The van der Waals surface area contributed by atoms with Crippen molar-refractivity contribution >= 4 is 11.9 Å². The summed E-state index contributed by atoms with van der Waals surface area (Å²) in [7, 11) is 0. The molecule has 0 radical (unpaired) electrons. The fourth-order valence-electron chi connectivity index (χ4n) is 1.24. The molecule has 1 rings (SSSR count). The number of hydrogen-bond donors (Lipinski definition) is 1. The van der Waals surface area contributed by atoms with Gasteiger partial charge in [0.1, 0.15) is 0 Å². The van der Waals surface area contributed by atoms with Crippen LogP contribution < -0.4 is 5.73 Å². The zero-order valence-corrected chi connectivity index (χ0v) is 8.15. The highest BCUT2D eigenvalue weighted by Crippen LogP contribution is 2.17. The van der Waals surface area contributed by atoms with Crippen molar-refractivity contribution in [2.45, 2.75) is 25.3 Å². The predicted octanol–water partition coefficient (Wildman–Crippen LogP) is 1.08. The number of nitrogens with two attached hydrogens (primary N) is 1. The SMILES string of the molecule is C#CCCSN1CCC(N)CC1. The Morgan fingerprint density at radius 3 is 2.75 bits per heavy atom. The number of terminal acetylenes is 1. The van der Waals surface area contributed by atoms with E-state index in [0.717, 1.165) is 38.1 Å². The fraction of sp³-hybridized carbons (Fsp3) is 0.778. The quantitative estimate of drug-likeness (QED) is 0.404. The van der Waals surface area contributed by atoms with E-state index in [0.29, 0.717) is 6.04 Å². The molecule has 0 atom stereocenters. The molecule has 0 bridgehead atoms. The number of nitrogens with zero attached hydrogens (tertiary/aromatic N) is 1. The highest BCUT2D eigenvalue weighted by molar-refractivity contribution is 7.97. The van der Waals surface area contributed by atoms with Crippen molar-refractivity contribution in [3.8, 4) is 12.3 Å². The number of hydrogen-bond acceptors (Lipinski definition) is 3. The summed E-state index contributed by atoms with van der Waals surface area (Å²) in [6.07, 6.45) is 8.29. The van der Waals surface area contributed by atoms with Gasteiger partial charge in [0.25, 0.3) is 0 Å². The van der Waals surface area contributed by atoms with Crippen LogP contribution in [-0.2, 0) is 0 Å². The van der Waals surface area contributed by atoms with Crippen LogP contribution in [0.1, 0.15) is 19.3 Å². The standard InChI is InChI=1S/C9H16N2S/c1-2-3-8-12-11-6-4-9(10)5-7-11/h1,9H,3-8,10H2. The second-order valence-corrected chi connectivity index (χ2v) is 4.24. The van der Waals surface area contributed by atoms with Crippen LogP contribution in [0.15, 0.2) is 0 Å². The minimum Gasteiger partial charge on any atom is -0.328 e. The molecule has 0 unspecified atom stereocenters. The molecular weight excluding hydrogens is 168 g/mol. The molecular formula is C9H16N2S. The van der Waals surface area contributed by atoms with Gasteiger partial charge in [-0.1, -0.05) is 11.9 Å². The van der Waals surface area contributed by atoms with E-state index in [1.807, 2.05) is 11.9 Å². The highest BCUT2D eigenvalue weighted by atomic mass is 32.2. The summed E-state index contributed by atoms with van der Waals surface area (Å²) in [5, 5.41) is 0. The van der Waals surface area contributed by atoms with E-state index >= 15 is 0 Å². The maximum Gasteiger partial charge on any atom is 0.0190 e. The first kappa shape index (κ1) is 9.91. The Hall–Kier alpha value is -0.170. The van der Waals surface area contributed by atoms with Gasteiger partial charge < -0.3 is 5.73 Å². The van der Waals surface area contributed by atoms with E-state index in [9.17, 15) is 0 Å². The minimum absolute atomic E-state index is 0.425. The number of rotatable bonds is 3. The Labute approximate surface area is 79.0 Å². The summed E-state index contributed by atoms with van der Waals surface area (Å²) >= 11 is 1.86. The summed E-state index contributed by atoms with van der Waals surface area (Å²) < 4.78 is 2.38. The third-order valence-corrected chi connectivity index (χ3v) is 3.14. The zero-order chi connectivity index (χ0) is 8.81. The molecule has 0 aromatic rings. The van der Waals surface area contributed by atoms with Crippen LogP contribution in [-0.4, -0.2) is 29.2 Å². The van der Waals surface area contributed by atoms with Crippen LogP contribution >= 0.6 is 11.9 Å². The average molecular weight is 184 g/mol. The molecule has 2 N–H and O–H groups in total. The van der Waals surface area contributed by atoms with Crippen molar-refractivity contribution in [1.29, 1.82) is 0 Å². The Morgan fingerprint density at radius 2 is 2.17 bits per heavy atom. The van der Waals surface area contributed by atoms with Crippen LogP contribution in [0.25, 0.3) is 0 Å². The van der Waals surface area contributed by atoms with E-state index in [2.05, 4.69) is 10.2 Å². The molecule has 0 aromatic carbocycles. The van der Waals surface area contributed by atoms with E-state index in [1.54, 1.807) is 0 Å². The van der Waals surface area contributed by atoms with E-state index in [4.69, 9.17) is 12.2 Å². The average Bonchev–Trinajstić information content (AvgIpc) is 2.09. The summed E-state index contributed by atoms with van der Waals surface area (Å²) in [5.41, 5.74) is 5.78. The van der Waals surface area contributed by atoms with Gasteiger partial charge in [-0.3, -0.25) is 4.31 Å². The molecule has 1 heterocycles. The molecule has 68 valence electrons. The second-order valence-electron chi connectivity index (χ2n) is 3.05. The highest BCUT2D eigenvalue weighted by Gasteiger charge is 2.15. The zero-order valence-electron chi connectivity index (χ0n) is 7.33. The molecule has 0 aromatic heterocycles. The molecule has 1 saturated heterocycles. The Morgan fingerprint density at radius 1 is 1.50 bits per heavy atom. The first-order valence-electron chi connectivity index (χ1n) is 4.40. The van der Waals surface area contributed by atoms with Gasteiger partial charge in [0.15, 0.2) is 0 Å². The van der Waals surface area contributed by atoms with E-state index < -0.39 is 0 Å². The van der Waals surface area contributed by atoms with Gasteiger partial charge in [-0.15, -0.1) is 12.3 Å². The summed E-state index contributed by atoms with van der Waals surface area (Å²) in [6.45, 7) is 2.24. The lowest BCUT2D eigenvalue weighted by atomic mass is 10.1. The monoisotopic (exact) mass is 184 g/mol. The summed E-state index contributed by atoms with van der Waals surface area (Å²) in [6, 6.07) is 0.425. The molecule has 0 aliphatic carbocycles.